The fraction of sp³-hybridized carbons (Fsp3) is 0.647. The topological polar surface area (TPSA) is 250 Å². The highest BCUT2D eigenvalue weighted by atomic mass is 33.1. The molecule has 0 spiro atoms. The summed E-state index contributed by atoms with van der Waals surface area (Å²) in [4.78, 5) is 52.0. The van der Waals surface area contributed by atoms with Crippen LogP contribution in [0.5, 0.6) is 0 Å². The maximum Gasteiger partial charge on any atom is 0.490 e. The summed E-state index contributed by atoms with van der Waals surface area (Å²) < 4.78 is 52.4. The number of anilines is 1. The van der Waals surface area contributed by atoms with Gasteiger partial charge in [-0.1, -0.05) is 54.2 Å². The first-order chi connectivity index (χ1) is 17.3. The number of phosphoric acid groups is 3. The minimum absolute atomic E-state index is 0.0989. The van der Waals surface area contributed by atoms with Crippen LogP contribution in [0.1, 0.15) is 45.4 Å². The largest absolute Gasteiger partial charge is 0.490 e. The number of hydrogen-bond acceptors (Lipinski definition) is 13. The SMILES string of the molecule is CC(C)(C)SSCCC#Cc1cn([C@H]2C[C@H](O)[C@@H](COP(=O)(O)OP(=O)(O)OP(=O)(O)O)O2)c(=O)nc1N. The van der Waals surface area contributed by atoms with Gasteiger partial charge in [0.05, 0.1) is 18.3 Å². The zero-order chi connectivity index (χ0) is 28.9. The molecule has 1 aromatic heterocycles. The van der Waals surface area contributed by atoms with Gasteiger partial charge in [-0.3, -0.25) is 9.09 Å². The Morgan fingerprint density at radius 1 is 1.21 bits per heavy atom. The van der Waals surface area contributed by atoms with Crippen LogP contribution in [0.3, 0.4) is 0 Å². The summed E-state index contributed by atoms with van der Waals surface area (Å²) in [5, 5.41) is 10.3. The van der Waals surface area contributed by atoms with E-state index in [4.69, 9.17) is 20.3 Å². The van der Waals surface area contributed by atoms with Crippen LogP contribution in [0, 0.1) is 11.8 Å². The molecule has 216 valence electrons. The van der Waals surface area contributed by atoms with Gasteiger partial charge in [0.2, 0.25) is 0 Å². The van der Waals surface area contributed by atoms with Crippen molar-refractivity contribution in [3.8, 4) is 11.8 Å². The molecule has 0 aromatic carbocycles. The molecular formula is C17H28N3O13P3S2. The number of ether oxygens (including phenoxy) is 1. The second-order valence-electron chi connectivity index (χ2n) is 8.62. The van der Waals surface area contributed by atoms with Crippen molar-refractivity contribution in [1.82, 2.24) is 9.55 Å². The van der Waals surface area contributed by atoms with E-state index in [-0.39, 0.29) is 22.5 Å². The quantitative estimate of drug-likeness (QED) is 0.0873. The van der Waals surface area contributed by atoms with Crippen molar-refractivity contribution in [3.05, 3.63) is 22.2 Å². The molecule has 0 aliphatic carbocycles. The fourth-order valence-electron chi connectivity index (χ4n) is 2.76. The van der Waals surface area contributed by atoms with Crippen molar-refractivity contribution >= 4 is 50.9 Å². The average Bonchev–Trinajstić information content (AvgIpc) is 3.07. The molecular weight excluding hydrogens is 611 g/mol. The predicted octanol–water partition coefficient (Wildman–Crippen LogP) is 1.74. The monoisotopic (exact) mass is 639 g/mol. The number of aliphatic hydroxyl groups excluding tert-OH is 1. The molecule has 0 bridgehead atoms. The summed E-state index contributed by atoms with van der Waals surface area (Å²) in [6.07, 6.45) is -2.07. The number of nitrogens with two attached hydrogens (primary N) is 1. The summed E-state index contributed by atoms with van der Waals surface area (Å²) in [5.74, 6) is 6.45. The molecule has 2 heterocycles. The van der Waals surface area contributed by atoms with Gasteiger partial charge < -0.3 is 35.2 Å². The number of nitrogen functional groups attached to an aromatic ring is 1. The first-order valence-corrected chi connectivity index (χ1v) is 17.4. The maximum absolute atomic E-state index is 12.4. The molecule has 2 unspecified atom stereocenters. The molecule has 0 amide bonds. The summed E-state index contributed by atoms with van der Waals surface area (Å²) in [5.41, 5.74) is 5.24. The Morgan fingerprint density at radius 2 is 1.87 bits per heavy atom. The standard InChI is InChI=1S/C17H28N3O13P3S2/c1-17(2,3)38-37-7-5-4-6-11-9-20(16(22)19-15(11)18)14-8-12(21)13(31-14)10-30-35(26,27)33-36(28,29)32-34(23,24)25/h9,12-14,21H,5,7-8,10H2,1-3H3,(H,26,27)(H,28,29)(H2,18,19,22)(H2,23,24,25)/t12-,13+,14+/m0/s1. The number of rotatable bonds is 11. The van der Waals surface area contributed by atoms with Gasteiger partial charge in [0, 0.05) is 29.5 Å². The zero-order valence-electron chi connectivity index (χ0n) is 20.3. The normalized spacial score (nSPS) is 23.3. The lowest BCUT2D eigenvalue weighted by atomic mass is 10.2. The predicted molar refractivity (Wildman–Crippen MR) is 139 cm³/mol. The molecule has 5 atom stereocenters. The lowest BCUT2D eigenvalue weighted by molar-refractivity contribution is -0.0449. The maximum atomic E-state index is 12.4. The van der Waals surface area contributed by atoms with Gasteiger partial charge in [0.25, 0.3) is 0 Å². The lowest BCUT2D eigenvalue weighted by Gasteiger charge is -2.19. The number of phosphoric ester groups is 1. The number of aromatic nitrogens is 2. The highest BCUT2D eigenvalue weighted by Gasteiger charge is 2.43. The second-order valence-corrected chi connectivity index (χ2v) is 16.3. The van der Waals surface area contributed by atoms with Gasteiger partial charge >= 0.3 is 29.2 Å². The van der Waals surface area contributed by atoms with Crippen LogP contribution < -0.4 is 11.4 Å². The Bertz CT molecular complexity index is 1260. The number of nitrogens with zero attached hydrogens (tertiary/aromatic N) is 2. The summed E-state index contributed by atoms with van der Waals surface area (Å²) in [7, 11) is -13.3. The second kappa shape index (κ2) is 13.3. The Balaban J connectivity index is 2.03. The van der Waals surface area contributed by atoms with Crippen molar-refractivity contribution in [2.24, 2.45) is 0 Å². The van der Waals surface area contributed by atoms with Crippen molar-refractivity contribution in [2.45, 2.75) is 56.8 Å². The zero-order valence-corrected chi connectivity index (χ0v) is 24.6. The number of hydrogen-bond donors (Lipinski definition) is 6. The molecule has 0 radical (unpaired) electrons. The van der Waals surface area contributed by atoms with Crippen molar-refractivity contribution in [3.63, 3.8) is 0 Å². The third-order valence-electron chi connectivity index (χ3n) is 4.16. The van der Waals surface area contributed by atoms with Crippen molar-refractivity contribution in [1.29, 1.82) is 0 Å². The molecule has 2 rings (SSSR count). The van der Waals surface area contributed by atoms with Crippen LogP contribution in [-0.2, 0) is 31.6 Å². The van der Waals surface area contributed by atoms with Crippen LogP contribution in [0.25, 0.3) is 0 Å². The Hall–Kier alpha value is -0.730. The highest BCUT2D eigenvalue weighted by Crippen LogP contribution is 2.66. The van der Waals surface area contributed by atoms with E-state index < -0.39 is 54.2 Å². The van der Waals surface area contributed by atoms with Crippen LogP contribution >= 0.6 is 45.1 Å². The van der Waals surface area contributed by atoms with Crippen molar-refractivity contribution in [2.75, 3.05) is 18.1 Å². The minimum Gasteiger partial charge on any atom is -0.390 e. The van der Waals surface area contributed by atoms with Gasteiger partial charge in [-0.2, -0.15) is 13.6 Å². The minimum atomic E-state index is -5.70. The Morgan fingerprint density at radius 3 is 2.47 bits per heavy atom. The summed E-state index contributed by atoms with van der Waals surface area (Å²) in [6.45, 7) is 5.41. The van der Waals surface area contributed by atoms with E-state index in [1.54, 1.807) is 21.6 Å². The molecule has 16 nitrogen and oxygen atoms in total. The fourth-order valence-corrected chi connectivity index (χ4v) is 7.97. The van der Waals surface area contributed by atoms with E-state index in [1.807, 2.05) is 0 Å². The van der Waals surface area contributed by atoms with Gasteiger partial charge in [-0.25, -0.2) is 18.5 Å². The molecule has 7 N–H and O–H groups in total. The molecule has 0 saturated carbocycles. The summed E-state index contributed by atoms with van der Waals surface area (Å²) >= 11 is 0. The molecule has 21 heteroatoms. The van der Waals surface area contributed by atoms with Crippen LogP contribution in [0.15, 0.2) is 11.0 Å². The smallest absolute Gasteiger partial charge is 0.390 e. The number of aliphatic hydroxyl groups is 1. The Labute approximate surface area is 225 Å². The molecule has 1 saturated heterocycles. The van der Waals surface area contributed by atoms with Crippen LogP contribution in [-0.4, -0.2) is 63.5 Å². The molecule has 1 aliphatic rings. The third-order valence-corrected chi connectivity index (χ3v) is 11.3. The van der Waals surface area contributed by atoms with Gasteiger partial charge in [-0.05, 0) is 0 Å². The highest BCUT2D eigenvalue weighted by molar-refractivity contribution is 8.77. The van der Waals surface area contributed by atoms with E-state index in [2.05, 4.69) is 50.7 Å². The molecule has 1 fully saturated rings. The lowest BCUT2D eigenvalue weighted by Crippen LogP contribution is -2.29. The van der Waals surface area contributed by atoms with Crippen LogP contribution in [0.4, 0.5) is 5.82 Å². The molecule has 38 heavy (non-hydrogen) atoms. The Kier molecular flexibility index (Phi) is 11.7. The average molecular weight is 639 g/mol. The van der Waals surface area contributed by atoms with E-state index in [0.717, 1.165) is 10.3 Å². The van der Waals surface area contributed by atoms with E-state index in [1.165, 1.54) is 6.20 Å². The molecule has 1 aliphatic heterocycles. The van der Waals surface area contributed by atoms with Gasteiger partial charge in [0.15, 0.2) is 0 Å². The van der Waals surface area contributed by atoms with Crippen LogP contribution in [0.2, 0.25) is 0 Å². The van der Waals surface area contributed by atoms with Gasteiger partial charge in [-0.15, -0.1) is 0 Å². The first-order valence-electron chi connectivity index (χ1n) is 10.6. The summed E-state index contributed by atoms with van der Waals surface area (Å²) in [6, 6.07) is 0. The van der Waals surface area contributed by atoms with E-state index >= 15 is 0 Å². The van der Waals surface area contributed by atoms with Gasteiger partial charge in [0.1, 0.15) is 18.1 Å². The van der Waals surface area contributed by atoms with Crippen molar-refractivity contribution < 1.29 is 56.3 Å². The van der Waals surface area contributed by atoms with E-state index in [0.29, 0.717) is 6.42 Å². The molecule has 1 aromatic rings. The third kappa shape index (κ3) is 11.8. The first kappa shape index (κ1) is 33.5. The van der Waals surface area contributed by atoms with E-state index in [9.17, 15) is 33.4 Å².